The quantitative estimate of drug-likeness (QED) is 0.905. The van der Waals surface area contributed by atoms with Crippen LogP contribution >= 0.6 is 0 Å². The van der Waals surface area contributed by atoms with Gasteiger partial charge in [-0.25, -0.2) is 9.37 Å². The van der Waals surface area contributed by atoms with Crippen molar-refractivity contribution < 1.29 is 4.39 Å². The Morgan fingerprint density at radius 2 is 1.95 bits per heavy atom. The van der Waals surface area contributed by atoms with Crippen LogP contribution in [0.4, 0.5) is 15.9 Å². The molecule has 1 aromatic heterocycles. The molecular weight excluding hydrogens is 253 g/mol. The highest BCUT2D eigenvalue weighted by molar-refractivity contribution is 5.61. The van der Waals surface area contributed by atoms with Gasteiger partial charge < -0.3 is 10.2 Å². The topological polar surface area (TPSA) is 28.2 Å². The van der Waals surface area contributed by atoms with Crippen LogP contribution in [0.1, 0.15) is 18.1 Å². The van der Waals surface area contributed by atoms with Gasteiger partial charge in [0, 0.05) is 25.5 Å². The molecule has 4 heteroatoms. The van der Waals surface area contributed by atoms with Gasteiger partial charge in [-0.2, -0.15) is 0 Å². The summed E-state index contributed by atoms with van der Waals surface area (Å²) >= 11 is 0. The number of rotatable bonds is 5. The van der Waals surface area contributed by atoms with E-state index in [1.165, 1.54) is 17.7 Å². The van der Waals surface area contributed by atoms with E-state index in [4.69, 9.17) is 0 Å². The number of anilines is 2. The Kier molecular flexibility index (Phi) is 4.69. The second kappa shape index (κ2) is 6.48. The first-order chi connectivity index (χ1) is 9.61. The summed E-state index contributed by atoms with van der Waals surface area (Å²) in [5.41, 5.74) is 3.19. The standard InChI is InChI=1S/C16H20FN3/c1-4-18-10-13-9-12(2)16(19-11-13)20(3)15-7-5-14(17)6-8-15/h5-9,11,18H,4,10H2,1-3H3. The van der Waals surface area contributed by atoms with Gasteiger partial charge in [-0.15, -0.1) is 0 Å². The lowest BCUT2D eigenvalue weighted by Gasteiger charge is -2.20. The lowest BCUT2D eigenvalue weighted by Crippen LogP contribution is -2.15. The minimum absolute atomic E-state index is 0.229. The van der Waals surface area contributed by atoms with E-state index in [9.17, 15) is 4.39 Å². The number of nitrogens with one attached hydrogen (secondary N) is 1. The Bertz CT molecular complexity index is 566. The zero-order valence-corrected chi connectivity index (χ0v) is 12.2. The molecule has 0 atom stereocenters. The van der Waals surface area contributed by atoms with Gasteiger partial charge in [-0.3, -0.25) is 0 Å². The minimum atomic E-state index is -0.229. The number of nitrogens with zero attached hydrogens (tertiary/aromatic N) is 2. The van der Waals surface area contributed by atoms with Gasteiger partial charge in [0.25, 0.3) is 0 Å². The second-order valence-electron chi connectivity index (χ2n) is 4.80. The predicted octanol–water partition coefficient (Wildman–Crippen LogP) is 3.41. The molecule has 2 aromatic rings. The molecule has 106 valence electrons. The van der Waals surface area contributed by atoms with Crippen molar-refractivity contribution in [1.82, 2.24) is 10.3 Å². The summed E-state index contributed by atoms with van der Waals surface area (Å²) in [5, 5.41) is 3.28. The molecule has 0 aliphatic carbocycles. The molecule has 20 heavy (non-hydrogen) atoms. The molecule has 0 unspecified atom stereocenters. The predicted molar refractivity (Wildman–Crippen MR) is 80.8 cm³/mol. The summed E-state index contributed by atoms with van der Waals surface area (Å²) in [6, 6.07) is 8.55. The lowest BCUT2D eigenvalue weighted by molar-refractivity contribution is 0.628. The summed E-state index contributed by atoms with van der Waals surface area (Å²) < 4.78 is 13.0. The van der Waals surface area contributed by atoms with Crippen molar-refractivity contribution in [3.63, 3.8) is 0 Å². The van der Waals surface area contributed by atoms with Gasteiger partial charge in [0.2, 0.25) is 0 Å². The van der Waals surface area contributed by atoms with Crippen LogP contribution in [-0.2, 0) is 6.54 Å². The highest BCUT2D eigenvalue weighted by atomic mass is 19.1. The third-order valence-corrected chi connectivity index (χ3v) is 3.22. The number of benzene rings is 1. The first-order valence-electron chi connectivity index (χ1n) is 6.77. The Balaban J connectivity index is 2.21. The number of hydrogen-bond acceptors (Lipinski definition) is 3. The largest absolute Gasteiger partial charge is 0.329 e. The zero-order valence-electron chi connectivity index (χ0n) is 12.2. The monoisotopic (exact) mass is 273 g/mol. The third-order valence-electron chi connectivity index (χ3n) is 3.22. The molecule has 2 rings (SSSR count). The first kappa shape index (κ1) is 14.5. The number of halogens is 1. The van der Waals surface area contributed by atoms with Crippen LogP contribution in [0.25, 0.3) is 0 Å². The van der Waals surface area contributed by atoms with Crippen molar-refractivity contribution in [2.45, 2.75) is 20.4 Å². The van der Waals surface area contributed by atoms with Gasteiger partial charge in [0.05, 0.1) is 0 Å². The lowest BCUT2D eigenvalue weighted by atomic mass is 10.2. The van der Waals surface area contributed by atoms with E-state index in [0.717, 1.165) is 30.2 Å². The van der Waals surface area contributed by atoms with E-state index in [-0.39, 0.29) is 5.82 Å². The van der Waals surface area contributed by atoms with Crippen molar-refractivity contribution in [2.24, 2.45) is 0 Å². The molecule has 0 spiro atoms. The summed E-state index contributed by atoms with van der Waals surface area (Å²) in [6.07, 6.45) is 1.88. The van der Waals surface area contributed by atoms with Crippen LogP contribution in [0.3, 0.4) is 0 Å². The van der Waals surface area contributed by atoms with Crippen molar-refractivity contribution in [2.75, 3.05) is 18.5 Å². The highest BCUT2D eigenvalue weighted by Crippen LogP contribution is 2.25. The molecule has 0 aliphatic heterocycles. The smallest absolute Gasteiger partial charge is 0.135 e. The average molecular weight is 273 g/mol. The molecule has 0 radical (unpaired) electrons. The Morgan fingerprint density at radius 1 is 1.25 bits per heavy atom. The SMILES string of the molecule is CCNCc1cnc(N(C)c2ccc(F)cc2)c(C)c1. The Morgan fingerprint density at radius 3 is 2.55 bits per heavy atom. The molecule has 0 aliphatic rings. The van der Waals surface area contributed by atoms with Gasteiger partial charge in [0.15, 0.2) is 0 Å². The van der Waals surface area contributed by atoms with Gasteiger partial charge in [-0.05, 0) is 54.9 Å². The highest BCUT2D eigenvalue weighted by Gasteiger charge is 2.09. The van der Waals surface area contributed by atoms with E-state index < -0.39 is 0 Å². The number of pyridine rings is 1. The zero-order chi connectivity index (χ0) is 14.5. The van der Waals surface area contributed by atoms with Crippen LogP contribution in [-0.4, -0.2) is 18.6 Å². The Hall–Kier alpha value is -1.94. The van der Waals surface area contributed by atoms with E-state index >= 15 is 0 Å². The molecule has 1 aromatic carbocycles. The van der Waals surface area contributed by atoms with Gasteiger partial charge in [-0.1, -0.05) is 6.92 Å². The fourth-order valence-electron chi connectivity index (χ4n) is 2.13. The van der Waals surface area contributed by atoms with Crippen molar-refractivity contribution in [3.05, 3.63) is 53.5 Å². The normalized spacial score (nSPS) is 10.6. The van der Waals surface area contributed by atoms with Crippen molar-refractivity contribution >= 4 is 11.5 Å². The van der Waals surface area contributed by atoms with Crippen molar-refractivity contribution in [3.8, 4) is 0 Å². The number of hydrogen-bond donors (Lipinski definition) is 1. The molecule has 0 amide bonds. The second-order valence-corrected chi connectivity index (χ2v) is 4.80. The van der Waals surface area contributed by atoms with Crippen LogP contribution in [0, 0.1) is 12.7 Å². The van der Waals surface area contributed by atoms with Gasteiger partial charge >= 0.3 is 0 Å². The van der Waals surface area contributed by atoms with Gasteiger partial charge in [0.1, 0.15) is 11.6 Å². The number of aryl methyl sites for hydroxylation is 1. The molecule has 0 fully saturated rings. The van der Waals surface area contributed by atoms with Crippen LogP contribution in [0.5, 0.6) is 0 Å². The van der Waals surface area contributed by atoms with E-state index in [0.29, 0.717) is 0 Å². The Labute approximate surface area is 119 Å². The minimum Gasteiger partial charge on any atom is -0.329 e. The van der Waals surface area contributed by atoms with Crippen LogP contribution < -0.4 is 10.2 Å². The molecule has 1 heterocycles. The van der Waals surface area contributed by atoms with Crippen LogP contribution in [0.2, 0.25) is 0 Å². The maximum Gasteiger partial charge on any atom is 0.135 e. The maximum absolute atomic E-state index is 13.0. The van der Waals surface area contributed by atoms with E-state index in [2.05, 4.69) is 23.3 Å². The molecule has 0 saturated carbocycles. The van der Waals surface area contributed by atoms with Crippen LogP contribution in [0.15, 0.2) is 36.5 Å². The fraction of sp³-hybridized carbons (Fsp3) is 0.312. The molecule has 0 bridgehead atoms. The summed E-state index contributed by atoms with van der Waals surface area (Å²) in [5.74, 6) is 0.657. The summed E-state index contributed by atoms with van der Waals surface area (Å²) in [6.45, 7) is 5.88. The maximum atomic E-state index is 13.0. The van der Waals surface area contributed by atoms with E-state index in [1.54, 1.807) is 12.1 Å². The molecular formula is C16H20FN3. The number of aromatic nitrogens is 1. The van der Waals surface area contributed by atoms with E-state index in [1.807, 2.05) is 25.1 Å². The summed E-state index contributed by atoms with van der Waals surface area (Å²) in [4.78, 5) is 6.49. The third kappa shape index (κ3) is 3.33. The first-order valence-corrected chi connectivity index (χ1v) is 6.77. The average Bonchev–Trinajstić information content (AvgIpc) is 2.45. The molecule has 3 nitrogen and oxygen atoms in total. The molecule has 0 saturated heterocycles. The fourth-order valence-corrected chi connectivity index (χ4v) is 2.13. The molecule has 1 N–H and O–H groups in total. The summed E-state index contributed by atoms with van der Waals surface area (Å²) in [7, 11) is 1.94. The van der Waals surface area contributed by atoms with Crippen molar-refractivity contribution in [1.29, 1.82) is 0 Å².